The molecule has 0 aliphatic heterocycles. The van der Waals surface area contributed by atoms with Crippen LogP contribution in [-0.4, -0.2) is 92.5 Å². The number of aryl methyl sites for hydroxylation is 1. The van der Waals surface area contributed by atoms with Gasteiger partial charge in [-0.3, -0.25) is 9.59 Å². The monoisotopic (exact) mass is 823 g/mol. The highest BCUT2D eigenvalue weighted by atomic mass is 32.2. The van der Waals surface area contributed by atoms with E-state index in [1.807, 2.05) is 0 Å². The molecule has 16 heteroatoms. The number of carbonyl (C=O) groups excluding carboxylic acids is 5. The number of esters is 1. The molecule has 15 nitrogen and oxygen atoms in total. The van der Waals surface area contributed by atoms with Crippen molar-refractivity contribution in [3.63, 3.8) is 0 Å². The van der Waals surface area contributed by atoms with Gasteiger partial charge in [-0.1, -0.05) is 92.2 Å². The summed E-state index contributed by atoms with van der Waals surface area (Å²) >= 11 is 0. The highest BCUT2D eigenvalue weighted by molar-refractivity contribution is 7.89. The molecule has 3 atom stereocenters. The molecule has 0 unspecified atom stereocenters. The molecule has 0 fully saturated rings. The van der Waals surface area contributed by atoms with Gasteiger partial charge in [0.2, 0.25) is 5.91 Å². The first-order chi connectivity index (χ1) is 27.7. The Morgan fingerprint density at radius 1 is 0.724 bits per heavy atom. The van der Waals surface area contributed by atoms with Crippen molar-refractivity contribution in [2.75, 3.05) is 26.8 Å². The summed E-state index contributed by atoms with van der Waals surface area (Å²) in [6.45, 7) is 5.40. The summed E-state index contributed by atoms with van der Waals surface area (Å²) in [4.78, 5) is 71.2. The third kappa shape index (κ3) is 14.0. The van der Waals surface area contributed by atoms with Gasteiger partial charge in [0.05, 0.1) is 18.6 Å². The summed E-state index contributed by atoms with van der Waals surface area (Å²) in [6, 6.07) is 18.2. The maximum Gasteiger partial charge on any atom is 0.424 e. The summed E-state index contributed by atoms with van der Waals surface area (Å²) in [5, 5.41) is 2.66. The van der Waals surface area contributed by atoms with Crippen molar-refractivity contribution in [1.82, 2.24) is 14.5 Å². The quantitative estimate of drug-likeness (QED) is 0.0705. The van der Waals surface area contributed by atoms with E-state index in [4.69, 9.17) is 25.7 Å². The van der Waals surface area contributed by atoms with E-state index >= 15 is 0 Å². The minimum absolute atomic E-state index is 0.0337. The largest absolute Gasteiger partial charge is 0.467 e. The molecule has 0 spiro atoms. The second kappa shape index (κ2) is 23.8. The van der Waals surface area contributed by atoms with Crippen LogP contribution in [0, 0.1) is 12.8 Å². The summed E-state index contributed by atoms with van der Waals surface area (Å²) < 4.78 is 45.2. The standard InChI is InChI=1S/C42H57N5O10S/c1-30(2)28-56-42(52)47(58(53,54)34-23-21-31(3)22-24-34)36(19-11-13-25-43)38(48)45-35(27-32-15-7-5-8-16-32)39(49)46(37(40(50)55-4)20-12-14-26-44)41(51)57-29-33-17-9-6-10-18-33/h5-10,15-18,21-24,30,35-37H,11-14,19-20,25-29,43-44H2,1-4H3,(H,45,48)/t35-,36+,37-/m0/s1. The highest BCUT2D eigenvalue weighted by Crippen LogP contribution is 2.25. The predicted octanol–water partition coefficient (Wildman–Crippen LogP) is 4.84. The number of nitrogens with zero attached hydrogens (tertiary/aromatic N) is 2. The summed E-state index contributed by atoms with van der Waals surface area (Å²) in [6.07, 6.45) is -1.51. The second-order valence-corrected chi connectivity index (χ2v) is 16.0. The fourth-order valence-corrected chi connectivity index (χ4v) is 7.46. The number of imide groups is 1. The normalized spacial score (nSPS) is 12.8. The van der Waals surface area contributed by atoms with Gasteiger partial charge in [0.15, 0.2) is 0 Å². The van der Waals surface area contributed by atoms with Gasteiger partial charge in [-0.15, -0.1) is 0 Å². The molecule has 58 heavy (non-hydrogen) atoms. The zero-order valence-electron chi connectivity index (χ0n) is 33.7. The van der Waals surface area contributed by atoms with E-state index in [-0.39, 0.29) is 62.8 Å². The minimum atomic E-state index is -4.74. The maximum atomic E-state index is 14.9. The van der Waals surface area contributed by atoms with Gasteiger partial charge in [0.25, 0.3) is 15.9 Å². The number of methoxy groups -OCH3 is 1. The van der Waals surface area contributed by atoms with Crippen LogP contribution in [0.3, 0.4) is 0 Å². The van der Waals surface area contributed by atoms with Crippen LogP contribution < -0.4 is 16.8 Å². The van der Waals surface area contributed by atoms with Gasteiger partial charge in [-0.05, 0) is 87.7 Å². The number of unbranched alkanes of at least 4 members (excludes halogenated alkanes) is 2. The molecule has 0 radical (unpaired) electrons. The van der Waals surface area contributed by atoms with E-state index in [0.29, 0.717) is 39.6 Å². The van der Waals surface area contributed by atoms with Crippen LogP contribution in [0.2, 0.25) is 0 Å². The molecule has 0 aliphatic rings. The predicted molar refractivity (Wildman–Crippen MR) is 217 cm³/mol. The number of ether oxygens (including phenoxy) is 3. The lowest BCUT2D eigenvalue weighted by molar-refractivity contribution is -0.153. The molecule has 3 rings (SSSR count). The molecule has 3 aromatic rings. The summed E-state index contributed by atoms with van der Waals surface area (Å²) in [5.74, 6) is -3.14. The number of carbonyl (C=O) groups is 5. The van der Waals surface area contributed by atoms with Gasteiger partial charge in [-0.25, -0.2) is 27.7 Å². The van der Waals surface area contributed by atoms with Crippen molar-refractivity contribution in [2.24, 2.45) is 17.4 Å². The molecule has 0 aliphatic carbocycles. The zero-order chi connectivity index (χ0) is 42.7. The number of hydrogen-bond donors (Lipinski definition) is 3. The lowest BCUT2D eigenvalue weighted by Crippen LogP contribution is -2.60. The van der Waals surface area contributed by atoms with Crippen LogP contribution in [0.1, 0.15) is 69.1 Å². The number of benzene rings is 3. The number of nitrogens with one attached hydrogen (secondary N) is 1. The van der Waals surface area contributed by atoms with Crippen LogP contribution >= 0.6 is 0 Å². The van der Waals surface area contributed by atoms with E-state index in [0.717, 1.165) is 12.7 Å². The Balaban J connectivity index is 2.18. The minimum Gasteiger partial charge on any atom is -0.467 e. The Bertz CT molecular complexity index is 1880. The van der Waals surface area contributed by atoms with Crippen LogP contribution in [0.15, 0.2) is 89.8 Å². The Kier molecular flexibility index (Phi) is 19.3. The molecule has 0 heterocycles. The van der Waals surface area contributed by atoms with Crippen molar-refractivity contribution in [2.45, 2.75) is 95.3 Å². The van der Waals surface area contributed by atoms with E-state index in [9.17, 15) is 32.4 Å². The Labute approximate surface area is 341 Å². The molecular formula is C42H57N5O10S. The Morgan fingerprint density at radius 3 is 1.81 bits per heavy atom. The van der Waals surface area contributed by atoms with Gasteiger partial charge in [-0.2, -0.15) is 4.31 Å². The van der Waals surface area contributed by atoms with E-state index in [2.05, 4.69) is 5.32 Å². The third-order valence-corrected chi connectivity index (χ3v) is 10.9. The third-order valence-electron chi connectivity index (χ3n) is 9.07. The topological polar surface area (TPSA) is 218 Å². The molecule has 0 saturated carbocycles. The van der Waals surface area contributed by atoms with Gasteiger partial charge >= 0.3 is 18.2 Å². The number of rotatable bonds is 22. The van der Waals surface area contributed by atoms with Crippen molar-refractivity contribution in [1.29, 1.82) is 0 Å². The van der Waals surface area contributed by atoms with Crippen LogP contribution in [-0.2, 0) is 51.6 Å². The number of amides is 4. The summed E-state index contributed by atoms with van der Waals surface area (Å²) in [7, 11) is -3.62. The Hall–Kier alpha value is -5.32. The van der Waals surface area contributed by atoms with E-state index in [1.165, 1.54) is 12.1 Å². The Morgan fingerprint density at radius 2 is 1.28 bits per heavy atom. The summed E-state index contributed by atoms with van der Waals surface area (Å²) in [5.41, 5.74) is 13.4. The molecule has 5 N–H and O–H groups in total. The number of hydrogen-bond acceptors (Lipinski definition) is 12. The fraction of sp³-hybridized carbons (Fsp3) is 0.452. The van der Waals surface area contributed by atoms with Crippen molar-refractivity contribution in [3.8, 4) is 0 Å². The highest BCUT2D eigenvalue weighted by Gasteiger charge is 2.44. The second-order valence-electron chi connectivity index (χ2n) is 14.2. The first kappa shape index (κ1) is 47.1. The molecule has 0 saturated heterocycles. The van der Waals surface area contributed by atoms with E-state index in [1.54, 1.807) is 93.6 Å². The molecular weight excluding hydrogens is 767 g/mol. The van der Waals surface area contributed by atoms with Crippen LogP contribution in [0.5, 0.6) is 0 Å². The van der Waals surface area contributed by atoms with E-state index < -0.39 is 58.1 Å². The molecule has 0 bridgehead atoms. The molecule has 316 valence electrons. The molecule has 0 aromatic heterocycles. The van der Waals surface area contributed by atoms with Crippen LogP contribution in [0.4, 0.5) is 9.59 Å². The van der Waals surface area contributed by atoms with Gasteiger partial charge < -0.3 is 31.0 Å². The van der Waals surface area contributed by atoms with Gasteiger partial charge in [0, 0.05) is 6.42 Å². The fourth-order valence-electron chi connectivity index (χ4n) is 5.97. The smallest absolute Gasteiger partial charge is 0.424 e. The molecule has 4 amide bonds. The number of nitrogens with two attached hydrogens (primary N) is 2. The van der Waals surface area contributed by atoms with Crippen molar-refractivity contribution < 1.29 is 46.6 Å². The first-order valence-corrected chi connectivity index (χ1v) is 20.8. The molecule has 3 aromatic carbocycles. The maximum absolute atomic E-state index is 14.9. The SMILES string of the molecule is COC(=O)[C@H](CCCCN)N(C(=O)OCc1ccccc1)C(=O)[C@H](Cc1ccccc1)NC(=O)[C@@H](CCCCN)N(C(=O)OCC(C)C)S(=O)(=O)c1ccc(C)cc1. The zero-order valence-corrected chi connectivity index (χ0v) is 34.5. The lowest BCUT2D eigenvalue weighted by Gasteiger charge is -2.33. The average Bonchev–Trinajstić information content (AvgIpc) is 3.21. The average molecular weight is 824 g/mol. The lowest BCUT2D eigenvalue weighted by atomic mass is 10.0. The van der Waals surface area contributed by atoms with Crippen LogP contribution in [0.25, 0.3) is 0 Å². The number of sulfonamides is 1. The van der Waals surface area contributed by atoms with Crippen molar-refractivity contribution >= 4 is 40.0 Å². The van der Waals surface area contributed by atoms with Gasteiger partial charge in [0.1, 0.15) is 24.7 Å². The first-order valence-electron chi connectivity index (χ1n) is 19.4. The van der Waals surface area contributed by atoms with Crippen molar-refractivity contribution in [3.05, 3.63) is 102 Å².